The van der Waals surface area contributed by atoms with Crippen molar-refractivity contribution >= 4 is 21.4 Å². The van der Waals surface area contributed by atoms with E-state index in [4.69, 9.17) is 9.78 Å². The molecule has 0 bridgehead atoms. The fourth-order valence-corrected chi connectivity index (χ4v) is 4.86. The lowest BCUT2D eigenvalue weighted by Crippen LogP contribution is -2.49. The van der Waals surface area contributed by atoms with Crippen LogP contribution in [-0.4, -0.2) is 49.0 Å². The average Bonchev–Trinajstić information content (AvgIpc) is 3.00. The first-order chi connectivity index (χ1) is 12.8. The van der Waals surface area contributed by atoms with E-state index in [1.165, 1.54) is 22.5 Å². The molecule has 0 saturated carbocycles. The van der Waals surface area contributed by atoms with Crippen LogP contribution >= 0.6 is 0 Å². The minimum absolute atomic E-state index is 0.0697. The Balaban J connectivity index is 1.82. The first-order valence-corrected chi connectivity index (χ1v) is 9.56. The molecule has 2 aromatic rings. The minimum atomic E-state index is -3.75. The van der Waals surface area contributed by atoms with Gasteiger partial charge in [-0.1, -0.05) is 5.16 Å². The third-order valence-corrected chi connectivity index (χ3v) is 6.59. The number of rotatable bonds is 4. The lowest BCUT2D eigenvalue weighted by Gasteiger charge is -2.35. The van der Waals surface area contributed by atoms with Gasteiger partial charge in [0.1, 0.15) is 16.3 Å². The maximum Gasteiger partial charge on any atom is 0.293 e. The number of hydrogen-bond acceptors (Lipinski definition) is 8. The van der Waals surface area contributed by atoms with Crippen molar-refractivity contribution in [2.45, 2.75) is 18.7 Å². The molecule has 0 radical (unpaired) electrons. The number of piperazine rings is 1. The highest BCUT2D eigenvalue weighted by atomic mass is 32.2. The van der Waals surface area contributed by atoms with Crippen LogP contribution in [-0.2, 0) is 10.0 Å². The molecule has 1 saturated heterocycles. The Morgan fingerprint density at radius 2 is 1.93 bits per heavy atom. The molecule has 2 heterocycles. The minimum Gasteiger partial charge on any atom is -0.363 e. The lowest BCUT2D eigenvalue weighted by atomic mass is 10.1. The van der Waals surface area contributed by atoms with Crippen molar-refractivity contribution in [2.24, 2.45) is 0 Å². The van der Waals surface area contributed by atoms with Crippen molar-refractivity contribution in [3.8, 4) is 6.07 Å². The van der Waals surface area contributed by atoms with E-state index in [1.807, 2.05) is 6.07 Å². The first-order valence-electron chi connectivity index (χ1n) is 8.12. The van der Waals surface area contributed by atoms with Gasteiger partial charge in [-0.05, 0) is 26.0 Å². The van der Waals surface area contributed by atoms with Gasteiger partial charge in [-0.25, -0.2) is 8.42 Å². The van der Waals surface area contributed by atoms with Gasteiger partial charge in [0, 0.05) is 32.2 Å². The monoisotopic (exact) mass is 391 g/mol. The molecule has 0 aliphatic carbocycles. The largest absolute Gasteiger partial charge is 0.363 e. The van der Waals surface area contributed by atoms with Crippen molar-refractivity contribution < 1.29 is 17.9 Å². The number of nitro benzene ring substituents is 1. The fraction of sp³-hybridized carbons (Fsp3) is 0.375. The van der Waals surface area contributed by atoms with Gasteiger partial charge in [-0.2, -0.15) is 9.57 Å². The molecule has 1 aliphatic rings. The Morgan fingerprint density at radius 1 is 1.26 bits per heavy atom. The quantitative estimate of drug-likeness (QED) is 0.566. The number of nitrogens with zero attached hydrogens (tertiary/aromatic N) is 5. The molecule has 0 atom stereocenters. The zero-order chi connectivity index (χ0) is 19.8. The molecule has 3 rings (SSSR count). The molecule has 1 fully saturated rings. The van der Waals surface area contributed by atoms with Crippen LogP contribution in [0.4, 0.5) is 11.4 Å². The normalized spacial score (nSPS) is 15.5. The Bertz CT molecular complexity index is 1010. The number of benzene rings is 1. The summed E-state index contributed by atoms with van der Waals surface area (Å²) in [7, 11) is -3.75. The topological polar surface area (TPSA) is 134 Å². The van der Waals surface area contributed by atoms with E-state index in [0.29, 0.717) is 11.4 Å². The molecule has 1 aromatic carbocycles. The second-order valence-electron chi connectivity index (χ2n) is 6.12. The van der Waals surface area contributed by atoms with Crippen molar-refractivity contribution in [1.29, 1.82) is 5.26 Å². The zero-order valence-electron chi connectivity index (χ0n) is 14.7. The summed E-state index contributed by atoms with van der Waals surface area (Å²) in [4.78, 5) is 12.6. The van der Waals surface area contributed by atoms with Crippen LogP contribution in [0.1, 0.15) is 17.0 Å². The van der Waals surface area contributed by atoms with Crippen LogP contribution in [0.25, 0.3) is 0 Å². The summed E-state index contributed by atoms with van der Waals surface area (Å²) in [5.41, 5.74) is 0.701. The SMILES string of the molecule is Cc1noc(C)c1S(=O)(=O)N1CCN(c2ccc(C#N)cc2[N+](=O)[O-])CC1. The van der Waals surface area contributed by atoms with Crippen LogP contribution < -0.4 is 4.90 Å². The number of anilines is 1. The van der Waals surface area contributed by atoms with E-state index < -0.39 is 14.9 Å². The summed E-state index contributed by atoms with van der Waals surface area (Å²) in [5, 5.41) is 24.0. The van der Waals surface area contributed by atoms with Gasteiger partial charge in [0.05, 0.1) is 16.6 Å². The summed E-state index contributed by atoms with van der Waals surface area (Å²) in [6.07, 6.45) is 0. The van der Waals surface area contributed by atoms with Crippen molar-refractivity contribution in [1.82, 2.24) is 9.46 Å². The van der Waals surface area contributed by atoms with Gasteiger partial charge >= 0.3 is 0 Å². The molecular formula is C16H17N5O5S. The van der Waals surface area contributed by atoms with Crippen LogP contribution in [0.15, 0.2) is 27.6 Å². The summed E-state index contributed by atoms with van der Waals surface area (Å²) in [6.45, 7) is 4.03. The van der Waals surface area contributed by atoms with E-state index in [-0.39, 0.29) is 48.1 Å². The summed E-state index contributed by atoms with van der Waals surface area (Å²) in [5.74, 6) is 0.234. The van der Waals surface area contributed by atoms with Crippen molar-refractivity contribution in [3.05, 3.63) is 45.3 Å². The van der Waals surface area contributed by atoms with Gasteiger partial charge < -0.3 is 9.42 Å². The fourth-order valence-electron chi connectivity index (χ4n) is 3.15. The van der Waals surface area contributed by atoms with Gasteiger partial charge in [-0.3, -0.25) is 10.1 Å². The third-order valence-electron chi connectivity index (χ3n) is 4.45. The standard InChI is InChI=1S/C16H17N5O5S/c1-11-16(12(2)26-18-11)27(24,25)20-7-5-19(6-8-20)14-4-3-13(10-17)9-15(14)21(22)23/h3-4,9H,5-8H2,1-2H3. The van der Waals surface area contributed by atoms with Gasteiger partial charge in [0.15, 0.2) is 5.76 Å². The molecule has 0 spiro atoms. The number of nitro groups is 1. The summed E-state index contributed by atoms with van der Waals surface area (Å²) < 4.78 is 32.0. The molecule has 1 aromatic heterocycles. The lowest BCUT2D eigenvalue weighted by molar-refractivity contribution is -0.384. The maximum atomic E-state index is 12.9. The Labute approximate surface area is 155 Å². The third kappa shape index (κ3) is 3.36. The van der Waals surface area contributed by atoms with Crippen molar-refractivity contribution in [3.63, 3.8) is 0 Å². The second-order valence-corrected chi connectivity index (χ2v) is 7.99. The van der Waals surface area contributed by atoms with E-state index in [1.54, 1.807) is 18.7 Å². The molecule has 0 unspecified atom stereocenters. The number of nitriles is 1. The average molecular weight is 391 g/mol. The van der Waals surface area contributed by atoms with E-state index in [0.717, 1.165) is 0 Å². The maximum absolute atomic E-state index is 12.9. The van der Waals surface area contributed by atoms with Gasteiger partial charge in [-0.15, -0.1) is 0 Å². The van der Waals surface area contributed by atoms with E-state index in [2.05, 4.69) is 5.16 Å². The van der Waals surface area contributed by atoms with Crippen LogP contribution in [0.5, 0.6) is 0 Å². The van der Waals surface area contributed by atoms with Crippen LogP contribution in [0, 0.1) is 35.3 Å². The van der Waals surface area contributed by atoms with Gasteiger partial charge in [0.25, 0.3) is 5.69 Å². The molecule has 27 heavy (non-hydrogen) atoms. The molecular weight excluding hydrogens is 374 g/mol. The number of aryl methyl sites for hydroxylation is 2. The van der Waals surface area contributed by atoms with Crippen LogP contribution in [0.3, 0.4) is 0 Å². The zero-order valence-corrected chi connectivity index (χ0v) is 15.6. The van der Waals surface area contributed by atoms with E-state index >= 15 is 0 Å². The molecule has 1 aliphatic heterocycles. The smallest absolute Gasteiger partial charge is 0.293 e. The number of hydrogen-bond donors (Lipinski definition) is 0. The predicted molar refractivity (Wildman–Crippen MR) is 94.8 cm³/mol. The number of sulfonamides is 1. The molecule has 0 N–H and O–H groups in total. The second kappa shape index (κ2) is 6.98. The van der Waals surface area contributed by atoms with Crippen molar-refractivity contribution in [2.75, 3.05) is 31.1 Å². The first kappa shape index (κ1) is 18.8. The van der Waals surface area contributed by atoms with E-state index in [9.17, 15) is 18.5 Å². The molecule has 142 valence electrons. The highest BCUT2D eigenvalue weighted by molar-refractivity contribution is 7.89. The predicted octanol–water partition coefficient (Wildman–Crippen LogP) is 1.58. The Kier molecular flexibility index (Phi) is 4.86. The number of aromatic nitrogens is 1. The van der Waals surface area contributed by atoms with Gasteiger partial charge in [0.2, 0.25) is 10.0 Å². The molecule has 11 heteroatoms. The molecule has 10 nitrogen and oxygen atoms in total. The summed E-state index contributed by atoms with van der Waals surface area (Å²) in [6, 6.07) is 6.14. The van der Waals surface area contributed by atoms with Crippen LogP contribution in [0.2, 0.25) is 0 Å². The summed E-state index contributed by atoms with van der Waals surface area (Å²) >= 11 is 0. The highest BCUT2D eigenvalue weighted by Crippen LogP contribution is 2.31. The highest BCUT2D eigenvalue weighted by Gasteiger charge is 2.34. The Morgan fingerprint density at radius 3 is 2.44 bits per heavy atom. The molecule has 0 amide bonds. The Hall–Kier alpha value is -2.97.